The van der Waals surface area contributed by atoms with Crippen LogP contribution >= 0.6 is 0 Å². The number of benzene rings is 2. The Bertz CT molecular complexity index is 1760. The summed E-state index contributed by atoms with van der Waals surface area (Å²) in [7, 11) is 3.17. The van der Waals surface area contributed by atoms with Crippen molar-refractivity contribution >= 4 is 35.4 Å². The molecule has 2 heterocycles. The molecule has 2 aromatic rings. The van der Waals surface area contributed by atoms with Crippen LogP contribution in [0.2, 0.25) is 0 Å². The molecule has 0 radical (unpaired) electrons. The third-order valence-electron chi connectivity index (χ3n) is 9.96. The van der Waals surface area contributed by atoms with Crippen molar-refractivity contribution in [3.8, 4) is 11.5 Å². The Kier molecular flexibility index (Phi) is 18.6. The first kappa shape index (κ1) is 47.5. The molecule has 330 valence electrons. The fraction of sp³-hybridized carbons (Fsp3) is 0.591. The van der Waals surface area contributed by atoms with Gasteiger partial charge in [0.1, 0.15) is 48.3 Å². The SMILES string of the molecule is CC(C)COc1cc(OCc2ccccc2)cc(C(=O)N[C@H]2COCCCCOC[C@@H](C(=O)N(C)C)NC(=O)[C@@H]3CCCN3C(=O)[C@H](C)NC(=O)[C@H](CC(C)C)NC2=O)c1. The van der Waals surface area contributed by atoms with E-state index in [9.17, 15) is 28.8 Å². The Morgan fingerprint density at radius 1 is 0.833 bits per heavy atom. The van der Waals surface area contributed by atoms with Gasteiger partial charge in [-0.2, -0.15) is 0 Å². The third-order valence-corrected chi connectivity index (χ3v) is 9.96. The summed E-state index contributed by atoms with van der Waals surface area (Å²) in [6.45, 7) is 10.5. The van der Waals surface area contributed by atoms with Gasteiger partial charge in [-0.1, -0.05) is 58.0 Å². The van der Waals surface area contributed by atoms with Gasteiger partial charge >= 0.3 is 0 Å². The van der Waals surface area contributed by atoms with Gasteiger partial charge in [-0.25, -0.2) is 0 Å². The summed E-state index contributed by atoms with van der Waals surface area (Å²) in [6.07, 6.45) is 2.24. The highest BCUT2D eigenvalue weighted by molar-refractivity contribution is 5.99. The van der Waals surface area contributed by atoms with E-state index in [1.54, 1.807) is 32.3 Å². The second kappa shape index (κ2) is 23.5. The highest BCUT2D eigenvalue weighted by Crippen LogP contribution is 2.25. The molecular weight excluding hydrogens is 773 g/mol. The van der Waals surface area contributed by atoms with E-state index >= 15 is 0 Å². The third kappa shape index (κ3) is 14.8. The molecule has 16 heteroatoms. The predicted octanol–water partition coefficient (Wildman–Crippen LogP) is 2.83. The van der Waals surface area contributed by atoms with Crippen LogP contribution in [0.5, 0.6) is 11.5 Å². The maximum Gasteiger partial charge on any atom is 0.252 e. The minimum atomic E-state index is -1.22. The van der Waals surface area contributed by atoms with Crippen LogP contribution in [0.25, 0.3) is 0 Å². The van der Waals surface area contributed by atoms with E-state index in [4.69, 9.17) is 18.9 Å². The van der Waals surface area contributed by atoms with Crippen LogP contribution in [0, 0.1) is 11.8 Å². The van der Waals surface area contributed by atoms with Crippen molar-refractivity contribution in [3.63, 3.8) is 0 Å². The molecule has 60 heavy (non-hydrogen) atoms. The number of nitrogens with zero attached hydrogens (tertiary/aromatic N) is 2. The van der Waals surface area contributed by atoms with Crippen LogP contribution in [0.4, 0.5) is 0 Å². The fourth-order valence-corrected chi connectivity index (χ4v) is 6.77. The van der Waals surface area contributed by atoms with E-state index in [1.165, 1.54) is 16.7 Å². The maximum atomic E-state index is 14.1. The van der Waals surface area contributed by atoms with Crippen molar-refractivity contribution in [2.24, 2.45) is 11.8 Å². The summed E-state index contributed by atoms with van der Waals surface area (Å²) in [5, 5.41) is 11.1. The van der Waals surface area contributed by atoms with Gasteiger partial charge in [-0.05, 0) is 68.6 Å². The van der Waals surface area contributed by atoms with Crippen LogP contribution in [0.3, 0.4) is 0 Å². The lowest BCUT2D eigenvalue weighted by Gasteiger charge is -2.30. The molecule has 16 nitrogen and oxygen atoms in total. The number of carbonyl (C=O) groups excluding carboxylic acids is 6. The fourth-order valence-electron chi connectivity index (χ4n) is 6.77. The zero-order valence-electron chi connectivity index (χ0n) is 36.1. The summed E-state index contributed by atoms with van der Waals surface area (Å²) < 4.78 is 23.8. The minimum absolute atomic E-state index is 0.0413. The van der Waals surface area contributed by atoms with Crippen LogP contribution < -0.4 is 30.7 Å². The molecule has 5 atom stereocenters. The number of hydrogen-bond acceptors (Lipinski definition) is 10. The lowest BCUT2D eigenvalue weighted by Crippen LogP contribution is -2.59. The summed E-state index contributed by atoms with van der Waals surface area (Å²) in [4.78, 5) is 84.9. The van der Waals surface area contributed by atoms with E-state index < -0.39 is 59.7 Å². The molecule has 6 amide bonds. The lowest BCUT2D eigenvalue weighted by molar-refractivity contribution is -0.143. The largest absolute Gasteiger partial charge is 0.493 e. The second-order valence-electron chi connectivity index (χ2n) is 16.5. The van der Waals surface area contributed by atoms with Crippen LogP contribution in [0.15, 0.2) is 48.5 Å². The molecule has 0 saturated carbocycles. The predicted molar refractivity (Wildman–Crippen MR) is 224 cm³/mol. The molecule has 2 aliphatic rings. The number of ether oxygens (including phenoxy) is 4. The smallest absolute Gasteiger partial charge is 0.252 e. The molecular formula is C44H64N6O10. The van der Waals surface area contributed by atoms with Crippen LogP contribution in [-0.2, 0) is 40.1 Å². The highest BCUT2D eigenvalue weighted by atomic mass is 16.5. The molecule has 0 bridgehead atoms. The molecule has 2 fully saturated rings. The van der Waals surface area contributed by atoms with Crippen molar-refractivity contribution in [2.45, 2.75) is 104 Å². The Labute approximate surface area is 353 Å². The molecule has 4 rings (SSSR count). The zero-order chi connectivity index (χ0) is 43.8. The van der Waals surface area contributed by atoms with Crippen LogP contribution in [-0.4, -0.2) is 129 Å². The Hall–Kier alpha value is -5.22. The van der Waals surface area contributed by atoms with Gasteiger partial charge < -0.3 is 50.0 Å². The van der Waals surface area contributed by atoms with E-state index in [0.717, 1.165) is 5.56 Å². The number of nitrogens with one attached hydrogen (secondary N) is 4. The van der Waals surface area contributed by atoms with Gasteiger partial charge in [0.25, 0.3) is 5.91 Å². The normalized spacial score (nSPS) is 22.8. The molecule has 0 aliphatic carbocycles. The average Bonchev–Trinajstić information content (AvgIpc) is 3.71. The van der Waals surface area contributed by atoms with E-state index in [0.29, 0.717) is 50.3 Å². The zero-order valence-corrected chi connectivity index (χ0v) is 36.1. The molecule has 4 N–H and O–H groups in total. The molecule has 0 unspecified atom stereocenters. The maximum absolute atomic E-state index is 14.1. The van der Waals surface area contributed by atoms with Gasteiger partial charge in [0.2, 0.25) is 29.5 Å². The van der Waals surface area contributed by atoms with Crippen molar-refractivity contribution in [2.75, 3.05) is 53.7 Å². The first-order valence-electron chi connectivity index (χ1n) is 21.0. The Morgan fingerprint density at radius 2 is 1.50 bits per heavy atom. The van der Waals surface area contributed by atoms with E-state index in [-0.39, 0.29) is 62.8 Å². The summed E-state index contributed by atoms with van der Waals surface area (Å²) in [5.41, 5.74) is 1.13. The monoisotopic (exact) mass is 836 g/mol. The molecule has 2 aliphatic heterocycles. The second-order valence-corrected chi connectivity index (χ2v) is 16.5. The van der Waals surface area contributed by atoms with E-state index in [2.05, 4.69) is 21.3 Å². The average molecular weight is 837 g/mol. The van der Waals surface area contributed by atoms with Crippen molar-refractivity contribution in [1.82, 2.24) is 31.1 Å². The van der Waals surface area contributed by atoms with Crippen molar-refractivity contribution in [3.05, 3.63) is 59.7 Å². The van der Waals surface area contributed by atoms with Gasteiger partial charge in [0, 0.05) is 45.5 Å². The quantitative estimate of drug-likeness (QED) is 0.262. The molecule has 0 aromatic heterocycles. The van der Waals surface area contributed by atoms with Crippen LogP contribution in [0.1, 0.15) is 82.6 Å². The first-order valence-corrected chi connectivity index (χ1v) is 21.0. The lowest BCUT2D eigenvalue weighted by atomic mass is 10.0. The first-order chi connectivity index (χ1) is 28.6. The Balaban J connectivity index is 1.58. The number of carbonyl (C=O) groups is 6. The standard InChI is InChI=1S/C44H64N6O10/c1-28(2)20-35-40(52)45-30(5)43(55)50-17-13-16-38(50)42(54)48-37(44(56)49(6)7)27-58-19-12-11-18-57-26-36(41(53)46-35)47-39(51)32-21-33(59-24-29(3)4)23-34(22-32)60-25-31-14-9-8-10-15-31/h8-10,14-15,21-23,28-30,35-38H,11-13,16-20,24-27H2,1-7H3,(H,45,52)(H,46,53)(H,47,51)(H,48,54)/t30-,35-,36-,37-,38-/m0/s1. The molecule has 2 aromatic carbocycles. The summed E-state index contributed by atoms with van der Waals surface area (Å²) in [6, 6.07) is 9.30. The highest BCUT2D eigenvalue weighted by Gasteiger charge is 2.39. The summed E-state index contributed by atoms with van der Waals surface area (Å²) in [5.74, 6) is -2.16. The van der Waals surface area contributed by atoms with Crippen molar-refractivity contribution < 1.29 is 47.7 Å². The number of hydrogen-bond donors (Lipinski definition) is 4. The van der Waals surface area contributed by atoms with Gasteiger partial charge in [-0.15, -0.1) is 0 Å². The molecule has 0 spiro atoms. The number of amides is 6. The number of fused-ring (bicyclic) bond motifs is 1. The molecule has 2 saturated heterocycles. The summed E-state index contributed by atoms with van der Waals surface area (Å²) >= 11 is 0. The Morgan fingerprint density at radius 3 is 2.15 bits per heavy atom. The van der Waals surface area contributed by atoms with Gasteiger partial charge in [0.05, 0.1) is 19.8 Å². The topological polar surface area (TPSA) is 194 Å². The van der Waals surface area contributed by atoms with Gasteiger partial charge in [-0.3, -0.25) is 28.8 Å². The van der Waals surface area contributed by atoms with Crippen molar-refractivity contribution in [1.29, 1.82) is 0 Å². The number of rotatable bonds is 11. The van der Waals surface area contributed by atoms with Gasteiger partial charge in [0.15, 0.2) is 0 Å². The van der Waals surface area contributed by atoms with E-state index in [1.807, 2.05) is 58.0 Å². The number of likely N-dealkylation sites (N-methyl/N-ethyl adjacent to an activating group) is 1. The minimum Gasteiger partial charge on any atom is -0.493 e.